The van der Waals surface area contributed by atoms with Crippen molar-refractivity contribution in [2.45, 2.75) is 89.6 Å². The van der Waals surface area contributed by atoms with Gasteiger partial charge in [-0.1, -0.05) is 75.4 Å². The van der Waals surface area contributed by atoms with Crippen molar-refractivity contribution in [3.63, 3.8) is 0 Å². The lowest BCUT2D eigenvalue weighted by atomic mass is 9.94. The maximum absolute atomic E-state index is 14.0. The molecule has 4 unspecified atom stereocenters. The first-order valence-corrected chi connectivity index (χ1v) is 19.3. The molecular formula is C42H57N5O5. The van der Waals surface area contributed by atoms with Gasteiger partial charge in [-0.15, -0.1) is 0 Å². The number of ether oxygens (including phenoxy) is 2. The van der Waals surface area contributed by atoms with Crippen molar-refractivity contribution in [2.75, 3.05) is 51.7 Å². The van der Waals surface area contributed by atoms with Crippen LogP contribution in [0.25, 0.3) is 0 Å². The average Bonchev–Trinajstić information content (AvgIpc) is 3.14. The van der Waals surface area contributed by atoms with Crippen LogP contribution in [0.2, 0.25) is 0 Å². The predicted molar refractivity (Wildman–Crippen MR) is 205 cm³/mol. The number of anilines is 1. The fraction of sp³-hybridized carbons (Fsp3) is 0.524. The molecule has 0 aromatic heterocycles. The zero-order valence-corrected chi connectivity index (χ0v) is 31.1. The normalized spacial score (nSPS) is 22.7. The van der Waals surface area contributed by atoms with E-state index in [9.17, 15) is 14.7 Å². The minimum Gasteiger partial charge on any atom is -0.486 e. The fourth-order valence-corrected chi connectivity index (χ4v) is 7.83. The molecule has 2 fully saturated rings. The molecule has 10 nitrogen and oxygen atoms in total. The summed E-state index contributed by atoms with van der Waals surface area (Å²) in [5.41, 5.74) is 2.02. The van der Waals surface area contributed by atoms with Crippen LogP contribution in [-0.4, -0.2) is 102 Å². The number of hydrogen-bond acceptors (Lipinski definition) is 8. The molecule has 2 amide bonds. The highest BCUT2D eigenvalue weighted by atomic mass is 16.5. The quantitative estimate of drug-likeness (QED) is 0.218. The highest BCUT2D eigenvalue weighted by Gasteiger charge is 2.36. The maximum Gasteiger partial charge on any atom is 0.258 e. The number of aliphatic hydroxyl groups is 1. The number of likely N-dealkylation sites (N-methyl/N-ethyl adjacent to an activating group) is 1. The Balaban J connectivity index is 1.17. The zero-order chi connectivity index (χ0) is 36.5. The van der Waals surface area contributed by atoms with E-state index >= 15 is 0 Å². The average molecular weight is 712 g/mol. The third-order valence-electron chi connectivity index (χ3n) is 10.9. The number of aliphatic hydroxyl groups excluding tert-OH is 1. The van der Waals surface area contributed by atoms with E-state index in [4.69, 9.17) is 9.47 Å². The van der Waals surface area contributed by atoms with Crippen molar-refractivity contribution < 1.29 is 24.2 Å². The van der Waals surface area contributed by atoms with Gasteiger partial charge in [0, 0.05) is 51.2 Å². The molecular weight excluding hydrogens is 654 g/mol. The Bertz CT molecular complexity index is 1600. The molecule has 1 saturated carbocycles. The van der Waals surface area contributed by atoms with Crippen molar-refractivity contribution >= 4 is 17.5 Å². The summed E-state index contributed by atoms with van der Waals surface area (Å²) in [7, 11) is 2.06. The monoisotopic (exact) mass is 711 g/mol. The van der Waals surface area contributed by atoms with E-state index in [-0.39, 0.29) is 42.5 Å². The molecule has 1 aliphatic carbocycles. The standard InChI is InChI=1S/C42H57N5O5/c1-30-25-47(31(2)29-48)42(50)36-17-12-18-37(44-41(49)38-27-46(24-23-43-38)33-13-8-5-4-6-9-14-33)40(36)52-39(30)28-45(3)26-32-19-21-35(22-20-32)51-34-15-10-7-11-16-34/h7,10-12,15-22,30-31,33,38-39,43,48H,4-6,8-9,13-14,23-29H2,1-3H3,(H,44,49). The number of nitrogens with zero attached hydrogens (tertiary/aromatic N) is 3. The van der Waals surface area contributed by atoms with Gasteiger partial charge in [0.1, 0.15) is 17.6 Å². The molecule has 2 aliphatic heterocycles. The van der Waals surface area contributed by atoms with Crippen LogP contribution in [0, 0.1) is 5.92 Å². The van der Waals surface area contributed by atoms with Crippen LogP contribution < -0.4 is 20.1 Å². The first-order chi connectivity index (χ1) is 25.3. The van der Waals surface area contributed by atoms with Crippen LogP contribution in [0.4, 0.5) is 5.69 Å². The number of para-hydroxylation sites is 2. The molecule has 0 bridgehead atoms. The van der Waals surface area contributed by atoms with E-state index in [0.29, 0.717) is 49.2 Å². The summed E-state index contributed by atoms with van der Waals surface area (Å²) < 4.78 is 12.8. The number of carbonyl (C=O) groups is 2. The highest BCUT2D eigenvalue weighted by Crippen LogP contribution is 2.35. The van der Waals surface area contributed by atoms with Crippen LogP contribution in [-0.2, 0) is 11.3 Å². The molecule has 52 heavy (non-hydrogen) atoms. The SMILES string of the molecule is CC1CN(C(C)CO)C(=O)c2cccc(NC(=O)C3CN(C4CCCCCCC4)CCN3)c2OC1CN(C)Cc1ccc(Oc2ccccc2)cc1. The third-order valence-corrected chi connectivity index (χ3v) is 10.9. The van der Waals surface area contributed by atoms with Gasteiger partial charge in [0.2, 0.25) is 5.91 Å². The molecule has 280 valence electrons. The molecule has 4 atom stereocenters. The Morgan fingerprint density at radius 1 is 0.981 bits per heavy atom. The smallest absolute Gasteiger partial charge is 0.258 e. The van der Waals surface area contributed by atoms with Crippen LogP contribution >= 0.6 is 0 Å². The number of carbonyl (C=O) groups excluding carboxylic acids is 2. The lowest BCUT2D eigenvalue weighted by Gasteiger charge is -2.39. The molecule has 3 N–H and O–H groups in total. The van der Waals surface area contributed by atoms with Gasteiger partial charge in [0.25, 0.3) is 5.91 Å². The minimum absolute atomic E-state index is 0.0590. The minimum atomic E-state index is -0.375. The number of benzene rings is 3. The Morgan fingerprint density at radius 3 is 2.42 bits per heavy atom. The first kappa shape index (κ1) is 37.8. The van der Waals surface area contributed by atoms with Crippen molar-refractivity contribution in [1.29, 1.82) is 0 Å². The van der Waals surface area contributed by atoms with Crippen LogP contribution in [0.5, 0.6) is 17.2 Å². The lowest BCUT2D eigenvalue weighted by molar-refractivity contribution is -0.119. The molecule has 10 heteroatoms. The Morgan fingerprint density at radius 2 is 1.69 bits per heavy atom. The van der Waals surface area contributed by atoms with Crippen LogP contribution in [0.1, 0.15) is 74.7 Å². The van der Waals surface area contributed by atoms with Crippen molar-refractivity contribution in [3.8, 4) is 17.2 Å². The van der Waals surface area contributed by atoms with Gasteiger partial charge in [0.05, 0.1) is 29.9 Å². The van der Waals surface area contributed by atoms with Crippen molar-refractivity contribution in [3.05, 3.63) is 83.9 Å². The van der Waals surface area contributed by atoms with Crippen LogP contribution in [0.15, 0.2) is 72.8 Å². The van der Waals surface area contributed by atoms with Gasteiger partial charge in [-0.3, -0.25) is 19.4 Å². The van der Waals surface area contributed by atoms with E-state index in [2.05, 4.69) is 46.5 Å². The van der Waals surface area contributed by atoms with E-state index in [0.717, 1.165) is 30.2 Å². The van der Waals surface area contributed by atoms with Gasteiger partial charge in [0.15, 0.2) is 5.75 Å². The van der Waals surface area contributed by atoms with Gasteiger partial charge in [-0.2, -0.15) is 0 Å². The predicted octanol–water partition coefficient (Wildman–Crippen LogP) is 6.16. The van der Waals surface area contributed by atoms with E-state index in [1.807, 2.05) is 55.5 Å². The fourth-order valence-electron chi connectivity index (χ4n) is 7.83. The van der Waals surface area contributed by atoms with Crippen LogP contribution in [0.3, 0.4) is 0 Å². The first-order valence-electron chi connectivity index (χ1n) is 19.3. The summed E-state index contributed by atoms with van der Waals surface area (Å²) in [5, 5.41) is 16.7. The second-order valence-corrected chi connectivity index (χ2v) is 15.1. The number of hydrogen-bond donors (Lipinski definition) is 3. The number of amides is 2. The number of rotatable bonds is 11. The molecule has 2 heterocycles. The molecule has 3 aliphatic rings. The van der Waals surface area contributed by atoms with Gasteiger partial charge >= 0.3 is 0 Å². The largest absolute Gasteiger partial charge is 0.486 e. The van der Waals surface area contributed by atoms with E-state index < -0.39 is 0 Å². The molecule has 0 radical (unpaired) electrons. The number of nitrogens with one attached hydrogen (secondary N) is 2. The molecule has 0 spiro atoms. The van der Waals surface area contributed by atoms with Crippen molar-refractivity contribution in [2.24, 2.45) is 5.92 Å². The van der Waals surface area contributed by atoms with Gasteiger partial charge < -0.3 is 30.1 Å². The maximum atomic E-state index is 14.0. The van der Waals surface area contributed by atoms with E-state index in [1.54, 1.807) is 17.0 Å². The second kappa shape index (κ2) is 18.2. The molecule has 6 rings (SSSR count). The summed E-state index contributed by atoms with van der Waals surface area (Å²) in [6, 6.07) is 23.0. The van der Waals surface area contributed by atoms with Gasteiger partial charge in [-0.05, 0) is 68.8 Å². The topological polar surface area (TPSA) is 107 Å². The number of piperazine rings is 1. The highest BCUT2D eigenvalue weighted by molar-refractivity contribution is 6.02. The summed E-state index contributed by atoms with van der Waals surface area (Å²) in [6.07, 6.45) is 8.52. The summed E-state index contributed by atoms with van der Waals surface area (Å²) >= 11 is 0. The van der Waals surface area contributed by atoms with E-state index in [1.165, 1.54) is 44.9 Å². The van der Waals surface area contributed by atoms with Crippen molar-refractivity contribution in [1.82, 2.24) is 20.0 Å². The summed E-state index contributed by atoms with van der Waals surface area (Å²) in [6.45, 7) is 7.88. The zero-order valence-electron chi connectivity index (χ0n) is 31.1. The van der Waals surface area contributed by atoms with Gasteiger partial charge in [-0.25, -0.2) is 0 Å². The molecule has 3 aromatic rings. The summed E-state index contributed by atoms with van der Waals surface area (Å²) in [5.74, 6) is 1.56. The number of fused-ring (bicyclic) bond motifs is 1. The third kappa shape index (κ3) is 9.72. The Labute approximate surface area is 309 Å². The summed E-state index contributed by atoms with van der Waals surface area (Å²) in [4.78, 5) is 34.4. The molecule has 3 aromatic carbocycles. The second-order valence-electron chi connectivity index (χ2n) is 15.1. The lowest BCUT2D eigenvalue weighted by Crippen LogP contribution is -2.58. The Hall–Kier alpha value is -3.96. The molecule has 1 saturated heterocycles. The Kier molecular flexibility index (Phi) is 13.2.